The minimum Gasteiger partial charge on any atom is -0.449 e. The summed E-state index contributed by atoms with van der Waals surface area (Å²) in [5.41, 5.74) is 1.02. The normalized spacial score (nSPS) is 15.7. The number of nitrogens with zero attached hydrogens (tertiary/aromatic N) is 2. The Balaban J connectivity index is 1.91. The van der Waals surface area contributed by atoms with Gasteiger partial charge in [-0.25, -0.2) is 17.9 Å². The van der Waals surface area contributed by atoms with E-state index in [1.165, 1.54) is 13.1 Å². The third-order valence-corrected chi connectivity index (χ3v) is 6.34. The number of anilines is 1. The van der Waals surface area contributed by atoms with E-state index in [-0.39, 0.29) is 29.4 Å². The van der Waals surface area contributed by atoms with Gasteiger partial charge in [-0.1, -0.05) is 19.9 Å². The van der Waals surface area contributed by atoms with E-state index >= 15 is 0 Å². The number of rotatable bonds is 7. The third-order valence-electron chi connectivity index (χ3n) is 4.78. The van der Waals surface area contributed by atoms with Crippen molar-refractivity contribution in [3.63, 3.8) is 0 Å². The molecule has 10 heteroatoms. The molecule has 2 rings (SSSR count). The lowest BCUT2D eigenvalue weighted by Gasteiger charge is -2.21. The fourth-order valence-corrected chi connectivity index (χ4v) is 4.12. The van der Waals surface area contributed by atoms with Crippen molar-refractivity contribution < 1.29 is 22.7 Å². The van der Waals surface area contributed by atoms with Crippen LogP contribution in [-0.2, 0) is 19.6 Å². The van der Waals surface area contributed by atoms with E-state index in [0.717, 1.165) is 6.42 Å². The van der Waals surface area contributed by atoms with Crippen LogP contribution in [0.3, 0.4) is 0 Å². The Morgan fingerprint density at radius 1 is 1.17 bits per heavy atom. The topological polar surface area (TPSA) is 108 Å². The highest BCUT2D eigenvalue weighted by molar-refractivity contribution is 7.89. The van der Waals surface area contributed by atoms with Gasteiger partial charge in [0.2, 0.25) is 15.9 Å². The summed E-state index contributed by atoms with van der Waals surface area (Å²) in [4.78, 5) is 28.4. The van der Waals surface area contributed by atoms with Crippen molar-refractivity contribution in [2.75, 3.05) is 51.7 Å². The molecule has 2 N–H and O–H groups in total. The minimum atomic E-state index is -3.60. The van der Waals surface area contributed by atoms with Crippen LogP contribution in [0.15, 0.2) is 23.1 Å². The predicted molar refractivity (Wildman–Crippen MR) is 115 cm³/mol. The first-order valence-corrected chi connectivity index (χ1v) is 11.6. The molecule has 30 heavy (non-hydrogen) atoms. The predicted octanol–water partition coefficient (Wildman–Crippen LogP) is 1.64. The van der Waals surface area contributed by atoms with E-state index in [0.29, 0.717) is 44.0 Å². The molecule has 0 bridgehead atoms. The quantitative estimate of drug-likeness (QED) is 0.667. The summed E-state index contributed by atoms with van der Waals surface area (Å²) in [6, 6.07) is 4.79. The lowest BCUT2D eigenvalue weighted by Crippen LogP contribution is -2.38. The van der Waals surface area contributed by atoms with Crippen LogP contribution in [0.5, 0.6) is 0 Å². The SMILES string of the molecule is CNS(=O)(=O)c1cc(NC(=O)CN2CCCN(C(=O)OCC(C)C)CC2)ccc1C. The Morgan fingerprint density at radius 3 is 2.57 bits per heavy atom. The molecule has 9 nitrogen and oxygen atoms in total. The van der Waals surface area contributed by atoms with Crippen LogP contribution in [0.25, 0.3) is 0 Å². The number of ether oxygens (including phenoxy) is 1. The first kappa shape index (κ1) is 24.1. The van der Waals surface area contributed by atoms with Crippen LogP contribution in [-0.4, -0.2) is 76.6 Å². The number of sulfonamides is 1. The number of hydrogen-bond donors (Lipinski definition) is 2. The van der Waals surface area contributed by atoms with Crippen LogP contribution in [0.4, 0.5) is 10.5 Å². The highest BCUT2D eigenvalue weighted by Gasteiger charge is 2.22. The molecule has 1 aliphatic rings. The second-order valence-corrected chi connectivity index (χ2v) is 9.68. The molecule has 1 aromatic carbocycles. The van der Waals surface area contributed by atoms with Crippen molar-refractivity contribution >= 4 is 27.7 Å². The molecule has 1 heterocycles. The van der Waals surface area contributed by atoms with Crippen LogP contribution < -0.4 is 10.0 Å². The number of benzene rings is 1. The summed E-state index contributed by atoms with van der Waals surface area (Å²) in [7, 11) is -2.26. The number of aryl methyl sites for hydroxylation is 1. The van der Waals surface area contributed by atoms with E-state index in [2.05, 4.69) is 10.0 Å². The van der Waals surface area contributed by atoms with Gasteiger partial charge in [-0.2, -0.15) is 0 Å². The molecule has 1 aromatic rings. The van der Waals surface area contributed by atoms with Crippen molar-refractivity contribution in [1.29, 1.82) is 0 Å². The van der Waals surface area contributed by atoms with Crippen molar-refractivity contribution in [2.45, 2.75) is 32.1 Å². The molecular weight excluding hydrogens is 408 g/mol. The number of nitrogens with one attached hydrogen (secondary N) is 2. The second kappa shape index (κ2) is 10.7. The minimum absolute atomic E-state index is 0.133. The fourth-order valence-electron chi connectivity index (χ4n) is 3.12. The van der Waals surface area contributed by atoms with Crippen molar-refractivity contribution in [3.8, 4) is 0 Å². The summed E-state index contributed by atoms with van der Waals surface area (Å²) >= 11 is 0. The molecule has 1 saturated heterocycles. The van der Waals surface area contributed by atoms with Crippen LogP contribution >= 0.6 is 0 Å². The molecule has 0 atom stereocenters. The number of carbonyl (C=O) groups is 2. The zero-order valence-electron chi connectivity index (χ0n) is 18.1. The van der Waals surface area contributed by atoms with Gasteiger partial charge < -0.3 is 15.0 Å². The van der Waals surface area contributed by atoms with E-state index in [1.54, 1.807) is 24.0 Å². The smallest absolute Gasteiger partial charge is 0.409 e. The van der Waals surface area contributed by atoms with Gasteiger partial charge in [-0.05, 0) is 44.0 Å². The maximum absolute atomic E-state index is 12.5. The molecule has 0 radical (unpaired) electrons. The van der Waals surface area contributed by atoms with Gasteiger partial charge in [-0.15, -0.1) is 0 Å². The first-order chi connectivity index (χ1) is 14.1. The van der Waals surface area contributed by atoms with Crippen LogP contribution in [0.2, 0.25) is 0 Å². The Kier molecular flexibility index (Phi) is 8.63. The van der Waals surface area contributed by atoms with E-state index in [4.69, 9.17) is 4.74 Å². The summed E-state index contributed by atoms with van der Waals surface area (Å²) in [6.07, 6.45) is 0.437. The number of amides is 2. The average molecular weight is 441 g/mol. The molecule has 0 spiro atoms. The standard InChI is InChI=1S/C20H32N4O5S/c1-15(2)14-29-20(26)24-9-5-8-23(10-11-24)13-19(25)22-17-7-6-16(3)18(12-17)30(27,28)21-4/h6-7,12,15,21H,5,8-11,13-14H2,1-4H3,(H,22,25). The summed E-state index contributed by atoms with van der Waals surface area (Å²) in [6.45, 7) is 8.58. The lowest BCUT2D eigenvalue weighted by molar-refractivity contribution is -0.117. The van der Waals surface area contributed by atoms with Gasteiger partial charge in [0.15, 0.2) is 0 Å². The summed E-state index contributed by atoms with van der Waals surface area (Å²) in [5, 5.41) is 2.76. The van der Waals surface area contributed by atoms with Crippen molar-refractivity contribution in [2.24, 2.45) is 5.92 Å². The molecule has 1 aliphatic heterocycles. The maximum Gasteiger partial charge on any atom is 0.409 e. The van der Waals surface area contributed by atoms with E-state index in [1.807, 2.05) is 18.7 Å². The van der Waals surface area contributed by atoms with Crippen molar-refractivity contribution in [3.05, 3.63) is 23.8 Å². The highest BCUT2D eigenvalue weighted by Crippen LogP contribution is 2.20. The molecule has 0 unspecified atom stereocenters. The Bertz CT molecular complexity index is 857. The van der Waals surface area contributed by atoms with Gasteiger partial charge in [0.25, 0.3) is 0 Å². The zero-order chi connectivity index (χ0) is 22.3. The van der Waals surface area contributed by atoms with Crippen LogP contribution in [0.1, 0.15) is 25.8 Å². The summed E-state index contributed by atoms with van der Waals surface area (Å²) in [5.74, 6) is 0.0500. The fraction of sp³-hybridized carbons (Fsp3) is 0.600. The Labute approximate surface area is 178 Å². The molecule has 1 fully saturated rings. The molecule has 0 saturated carbocycles. The lowest BCUT2D eigenvalue weighted by atomic mass is 10.2. The molecule has 0 aliphatic carbocycles. The van der Waals surface area contributed by atoms with Gasteiger partial charge in [0, 0.05) is 31.9 Å². The Morgan fingerprint density at radius 2 is 1.90 bits per heavy atom. The number of hydrogen-bond acceptors (Lipinski definition) is 6. The zero-order valence-corrected chi connectivity index (χ0v) is 18.9. The van der Waals surface area contributed by atoms with Gasteiger partial charge >= 0.3 is 6.09 Å². The monoisotopic (exact) mass is 440 g/mol. The highest BCUT2D eigenvalue weighted by atomic mass is 32.2. The van der Waals surface area contributed by atoms with Gasteiger partial charge in [0.05, 0.1) is 18.0 Å². The van der Waals surface area contributed by atoms with Crippen LogP contribution in [0, 0.1) is 12.8 Å². The largest absolute Gasteiger partial charge is 0.449 e. The molecule has 0 aromatic heterocycles. The number of carbonyl (C=O) groups excluding carboxylic acids is 2. The van der Waals surface area contributed by atoms with E-state index in [9.17, 15) is 18.0 Å². The van der Waals surface area contributed by atoms with Gasteiger partial charge in [-0.3, -0.25) is 9.69 Å². The summed E-state index contributed by atoms with van der Waals surface area (Å²) < 4.78 is 31.8. The molecule has 2 amide bonds. The second-order valence-electron chi connectivity index (χ2n) is 7.82. The van der Waals surface area contributed by atoms with Gasteiger partial charge in [0.1, 0.15) is 0 Å². The molecule has 168 valence electrons. The molecular formula is C20H32N4O5S. The Hall–Kier alpha value is -2.17. The average Bonchev–Trinajstić information content (AvgIpc) is 2.93. The third kappa shape index (κ3) is 6.96. The van der Waals surface area contributed by atoms with E-state index < -0.39 is 10.0 Å². The van der Waals surface area contributed by atoms with Crippen molar-refractivity contribution in [1.82, 2.24) is 14.5 Å². The maximum atomic E-state index is 12.5. The first-order valence-electron chi connectivity index (χ1n) is 10.1.